The van der Waals surface area contributed by atoms with E-state index in [1.165, 1.54) is 0 Å². The predicted molar refractivity (Wildman–Crippen MR) is 223 cm³/mol. The number of aryl methyl sites for hydroxylation is 1. The Balaban J connectivity index is 1.25. The van der Waals surface area contributed by atoms with Crippen molar-refractivity contribution >= 4 is 23.0 Å². The Morgan fingerprint density at radius 2 is 1.81 bits per heavy atom. The molecular formula is C45H52N8O5. The normalized spacial score (nSPS) is 15.6. The summed E-state index contributed by atoms with van der Waals surface area (Å²) in [4.78, 5) is 29.8. The molecule has 3 atom stereocenters. The van der Waals surface area contributed by atoms with E-state index in [1.54, 1.807) is 7.11 Å². The molecular weight excluding hydrogens is 733 g/mol. The van der Waals surface area contributed by atoms with Crippen LogP contribution in [0.3, 0.4) is 0 Å². The zero-order valence-corrected chi connectivity index (χ0v) is 33.7. The smallest absolute Gasteiger partial charge is 0.408 e. The molecule has 0 spiro atoms. The number of alkyl carbamates (subject to hydrolysis) is 1. The lowest BCUT2D eigenvalue weighted by atomic mass is 9.89. The van der Waals surface area contributed by atoms with Gasteiger partial charge in [0.2, 0.25) is 0 Å². The number of hydrazine groups is 1. The molecule has 13 heteroatoms. The van der Waals surface area contributed by atoms with Gasteiger partial charge in [0.15, 0.2) is 0 Å². The summed E-state index contributed by atoms with van der Waals surface area (Å²) in [5.74, 6) is -1.15. The number of carboxylic acid groups (broad SMARTS) is 1. The summed E-state index contributed by atoms with van der Waals surface area (Å²) >= 11 is 0. The number of rotatable bonds is 15. The van der Waals surface area contributed by atoms with Gasteiger partial charge in [-0.15, -0.1) is 5.10 Å². The molecule has 3 aromatic heterocycles. The van der Waals surface area contributed by atoms with Crippen molar-refractivity contribution in [1.29, 1.82) is 0 Å². The van der Waals surface area contributed by atoms with Gasteiger partial charge in [-0.25, -0.2) is 19.7 Å². The number of carboxylic acids is 1. The maximum Gasteiger partial charge on any atom is 0.408 e. The Morgan fingerprint density at radius 3 is 2.55 bits per heavy atom. The third kappa shape index (κ3) is 8.81. The van der Waals surface area contributed by atoms with E-state index in [-0.39, 0.29) is 25.2 Å². The Hall–Kier alpha value is -5.89. The average molecular weight is 785 g/mol. The van der Waals surface area contributed by atoms with E-state index in [9.17, 15) is 14.7 Å². The minimum atomic E-state index is -1.18. The van der Waals surface area contributed by atoms with Crippen LogP contribution in [0.15, 0.2) is 97.3 Å². The van der Waals surface area contributed by atoms with Crippen LogP contribution in [0.4, 0.5) is 4.79 Å². The van der Waals surface area contributed by atoms with E-state index in [2.05, 4.69) is 82.3 Å². The highest BCUT2D eigenvalue weighted by atomic mass is 16.5. The minimum Gasteiger partial charge on any atom is -0.480 e. The van der Waals surface area contributed by atoms with E-state index in [1.807, 2.05) is 78.5 Å². The number of pyridine rings is 1. The van der Waals surface area contributed by atoms with Crippen LogP contribution in [0.25, 0.3) is 33.3 Å². The first kappa shape index (κ1) is 40.3. The van der Waals surface area contributed by atoms with Crippen molar-refractivity contribution < 1.29 is 24.2 Å². The molecule has 0 radical (unpaired) electrons. The molecule has 1 aliphatic rings. The summed E-state index contributed by atoms with van der Waals surface area (Å²) in [6.07, 6.45) is 5.62. The van der Waals surface area contributed by atoms with Crippen molar-refractivity contribution in [3.05, 3.63) is 125 Å². The van der Waals surface area contributed by atoms with Crippen LogP contribution >= 0.6 is 0 Å². The number of aliphatic carboxylic acids is 1. The molecule has 1 saturated heterocycles. The molecule has 13 nitrogen and oxygen atoms in total. The van der Waals surface area contributed by atoms with Crippen molar-refractivity contribution in [1.82, 2.24) is 40.7 Å². The van der Waals surface area contributed by atoms with Crippen LogP contribution in [0.2, 0.25) is 0 Å². The number of benzene rings is 3. The highest BCUT2D eigenvalue weighted by Crippen LogP contribution is 2.41. The van der Waals surface area contributed by atoms with Crippen LogP contribution in [-0.4, -0.2) is 61.4 Å². The van der Waals surface area contributed by atoms with Gasteiger partial charge in [-0.1, -0.05) is 65.9 Å². The fraction of sp³-hybridized carbons (Fsp3) is 0.356. The van der Waals surface area contributed by atoms with Crippen molar-refractivity contribution in [3.8, 4) is 22.4 Å². The highest BCUT2D eigenvalue weighted by Gasteiger charge is 2.31. The topological polar surface area (TPSA) is 157 Å². The Kier molecular flexibility index (Phi) is 12.3. The Labute approximate surface area is 338 Å². The second-order valence-electron chi connectivity index (χ2n) is 15.5. The van der Waals surface area contributed by atoms with Gasteiger partial charge in [-0.2, -0.15) is 0 Å². The predicted octanol–water partition coefficient (Wildman–Crippen LogP) is 7.52. The lowest BCUT2D eigenvalue weighted by molar-refractivity contribution is -0.139. The first-order chi connectivity index (χ1) is 28.1. The molecule has 1 fully saturated rings. The van der Waals surface area contributed by atoms with Gasteiger partial charge in [0.25, 0.3) is 0 Å². The molecule has 0 bridgehead atoms. The Morgan fingerprint density at radius 1 is 1.02 bits per heavy atom. The number of methoxy groups -OCH3 is 1. The van der Waals surface area contributed by atoms with E-state index in [4.69, 9.17) is 14.5 Å². The average Bonchev–Trinajstić information content (AvgIpc) is 3.87. The molecule has 0 saturated carbocycles. The van der Waals surface area contributed by atoms with Crippen LogP contribution in [0.5, 0.6) is 0 Å². The summed E-state index contributed by atoms with van der Waals surface area (Å²) in [6.45, 7) is 10.2. The number of hydrogen-bond donors (Lipinski definition) is 4. The van der Waals surface area contributed by atoms with Gasteiger partial charge in [-0.05, 0) is 99.0 Å². The van der Waals surface area contributed by atoms with Crippen LogP contribution in [-0.2, 0) is 45.8 Å². The van der Waals surface area contributed by atoms with E-state index >= 15 is 0 Å². The highest BCUT2D eigenvalue weighted by molar-refractivity contribution is 5.95. The second-order valence-corrected chi connectivity index (χ2v) is 15.5. The maximum absolute atomic E-state index is 12.6. The lowest BCUT2D eigenvalue weighted by Gasteiger charge is -2.26. The summed E-state index contributed by atoms with van der Waals surface area (Å²) < 4.78 is 15.5. The Bertz CT molecular complexity index is 2370. The van der Waals surface area contributed by atoms with Gasteiger partial charge in [0, 0.05) is 49.3 Å². The summed E-state index contributed by atoms with van der Waals surface area (Å²) in [5.41, 5.74) is 15.7. The molecule has 4 heterocycles. The molecule has 1 amide bonds. The molecule has 6 aromatic rings. The van der Waals surface area contributed by atoms with E-state index in [0.29, 0.717) is 6.42 Å². The van der Waals surface area contributed by atoms with Gasteiger partial charge in [0.1, 0.15) is 18.3 Å². The molecule has 4 N–H and O–H groups in total. The van der Waals surface area contributed by atoms with Crippen LogP contribution < -0.4 is 16.2 Å². The van der Waals surface area contributed by atoms with Crippen molar-refractivity contribution in [2.75, 3.05) is 13.7 Å². The zero-order chi connectivity index (χ0) is 40.8. The lowest BCUT2D eigenvalue weighted by Crippen LogP contribution is -2.42. The number of carbonyl (C=O) groups is 2. The van der Waals surface area contributed by atoms with Gasteiger partial charge in [-0.3, -0.25) is 10.4 Å². The third-order valence-electron chi connectivity index (χ3n) is 11.0. The number of amides is 1. The molecule has 58 heavy (non-hydrogen) atoms. The number of fused-ring (bicyclic) bond motifs is 1. The first-order valence-corrected chi connectivity index (χ1v) is 19.9. The quantitative estimate of drug-likeness (QED) is 0.0822. The second kappa shape index (κ2) is 17.7. The molecule has 3 aromatic carbocycles. The summed E-state index contributed by atoms with van der Waals surface area (Å²) in [7, 11) is 1.70. The van der Waals surface area contributed by atoms with Crippen molar-refractivity contribution in [2.45, 2.75) is 90.3 Å². The SMILES string of the molecule is CCn1c(-c2cccnc2C(C)OC)c(CC(C)(C)n2cc([C@@H]3CCCNN3)nn2)c2cc(-c3cccc(CC(NC(=O)OCc4ccccc4)C(=O)O)c3)ccc21. The molecule has 7 rings (SSSR count). The number of carbonyl (C=O) groups excluding carboxylic acids is 1. The molecule has 2 unspecified atom stereocenters. The third-order valence-corrected chi connectivity index (χ3v) is 11.0. The van der Waals surface area contributed by atoms with Gasteiger partial charge in [0.05, 0.1) is 35.3 Å². The largest absolute Gasteiger partial charge is 0.480 e. The fourth-order valence-corrected chi connectivity index (χ4v) is 7.82. The maximum atomic E-state index is 12.6. The van der Waals surface area contributed by atoms with E-state index in [0.717, 1.165) is 87.3 Å². The summed E-state index contributed by atoms with van der Waals surface area (Å²) in [5, 5.41) is 23.0. The number of ether oxygens (including phenoxy) is 2. The number of hydrogen-bond acceptors (Lipinski definition) is 9. The fourth-order valence-electron chi connectivity index (χ4n) is 7.82. The molecule has 0 aliphatic carbocycles. The molecule has 1 aliphatic heterocycles. The molecule has 302 valence electrons. The zero-order valence-electron chi connectivity index (χ0n) is 33.7. The standard InChI is InChI=1S/C45H52N8O5/c1-6-52-40-20-19-33(32-16-10-15-31(23-32)24-38(43(54)55)48-44(56)58-28-30-13-8-7-9-14-30)25-35(40)36(42(52)34-17-11-21-46-41(34)29(2)57-5)26-45(3,4)53-27-39(50-51-53)37-18-12-22-47-49-37/h7-11,13-17,19-21,23,25,27,29,37-38,47,49H,6,12,18,22,24,26,28H2,1-5H3,(H,48,56)(H,54,55)/t29?,37-,38?/m0/s1. The van der Waals surface area contributed by atoms with E-state index < -0.39 is 23.6 Å². The van der Waals surface area contributed by atoms with Crippen LogP contribution in [0, 0.1) is 0 Å². The minimum absolute atomic E-state index is 0.0423. The monoisotopic (exact) mass is 784 g/mol. The van der Waals surface area contributed by atoms with Gasteiger partial charge >= 0.3 is 12.1 Å². The van der Waals surface area contributed by atoms with Crippen molar-refractivity contribution in [2.24, 2.45) is 0 Å². The van der Waals surface area contributed by atoms with Gasteiger partial charge < -0.3 is 24.5 Å². The summed E-state index contributed by atoms with van der Waals surface area (Å²) in [6, 6.07) is 26.6. The first-order valence-electron chi connectivity index (χ1n) is 19.9. The van der Waals surface area contributed by atoms with Crippen molar-refractivity contribution in [3.63, 3.8) is 0 Å². The number of aromatic nitrogens is 5. The number of nitrogens with one attached hydrogen (secondary N) is 3. The number of nitrogens with zero attached hydrogens (tertiary/aromatic N) is 5. The van der Waals surface area contributed by atoms with Crippen LogP contribution in [0.1, 0.15) is 80.8 Å².